The van der Waals surface area contributed by atoms with Crippen LogP contribution in [-0.2, 0) is 14.6 Å². The molecule has 17 heavy (non-hydrogen) atoms. The van der Waals surface area contributed by atoms with Crippen LogP contribution in [0, 0.1) is 17.6 Å². The lowest BCUT2D eigenvalue weighted by molar-refractivity contribution is -0.118. The number of halogens is 2. The molecule has 1 aliphatic heterocycles. The minimum atomic E-state index is -3.87. The van der Waals surface area contributed by atoms with Gasteiger partial charge in [-0.25, -0.2) is 17.2 Å². The van der Waals surface area contributed by atoms with E-state index >= 15 is 0 Å². The molecule has 4 nitrogen and oxygen atoms in total. The molecule has 1 aromatic carbocycles. The standard InChI is InChI=1S/C10H9F2NO3S/c1-5-4-17(15,16)8-3-6(11)2-7(12)9(8)13-10(5)14/h2-3,5H,4H2,1H3,(H,13,14). The first-order valence-corrected chi connectivity index (χ1v) is 6.49. The Balaban J connectivity index is 2.74. The summed E-state index contributed by atoms with van der Waals surface area (Å²) in [6.45, 7) is 1.41. The van der Waals surface area contributed by atoms with Gasteiger partial charge in [-0.1, -0.05) is 6.92 Å². The molecule has 1 atom stereocenters. The van der Waals surface area contributed by atoms with Gasteiger partial charge in [0.2, 0.25) is 5.91 Å². The zero-order valence-electron chi connectivity index (χ0n) is 8.83. The van der Waals surface area contributed by atoms with Crippen molar-refractivity contribution in [3.63, 3.8) is 0 Å². The summed E-state index contributed by atoms with van der Waals surface area (Å²) in [6, 6.07) is 1.25. The van der Waals surface area contributed by atoms with Crippen molar-refractivity contribution in [3.8, 4) is 0 Å². The molecule has 2 rings (SSSR count). The van der Waals surface area contributed by atoms with E-state index in [9.17, 15) is 22.0 Å². The van der Waals surface area contributed by atoms with Crippen LogP contribution in [0.2, 0.25) is 0 Å². The quantitative estimate of drug-likeness (QED) is 0.766. The van der Waals surface area contributed by atoms with Gasteiger partial charge in [-0.05, 0) is 6.07 Å². The van der Waals surface area contributed by atoms with Crippen LogP contribution in [-0.4, -0.2) is 20.1 Å². The number of sulfone groups is 1. The lowest BCUT2D eigenvalue weighted by Gasteiger charge is -2.07. The molecule has 1 unspecified atom stereocenters. The Bertz CT molecular complexity index is 598. The molecule has 0 saturated heterocycles. The summed E-state index contributed by atoms with van der Waals surface area (Å²) in [4.78, 5) is 11.0. The van der Waals surface area contributed by atoms with Crippen molar-refractivity contribution in [1.82, 2.24) is 0 Å². The minimum absolute atomic E-state index is 0.464. The number of hydrogen-bond acceptors (Lipinski definition) is 3. The summed E-state index contributed by atoms with van der Waals surface area (Å²) in [6.07, 6.45) is 0. The largest absolute Gasteiger partial charge is 0.322 e. The second-order valence-electron chi connectivity index (χ2n) is 3.93. The summed E-state index contributed by atoms with van der Waals surface area (Å²) < 4.78 is 50.1. The van der Waals surface area contributed by atoms with Crippen LogP contribution in [0.15, 0.2) is 17.0 Å². The average molecular weight is 261 g/mol. The smallest absolute Gasteiger partial charge is 0.228 e. The Hall–Kier alpha value is -1.50. The third kappa shape index (κ3) is 2.02. The minimum Gasteiger partial charge on any atom is -0.322 e. The SMILES string of the molecule is CC1CS(=O)(=O)c2cc(F)cc(F)c2NC1=O. The molecule has 1 aliphatic rings. The van der Waals surface area contributed by atoms with Gasteiger partial charge in [0.15, 0.2) is 15.7 Å². The van der Waals surface area contributed by atoms with E-state index in [4.69, 9.17) is 0 Å². The fourth-order valence-corrected chi connectivity index (χ4v) is 3.40. The molecule has 0 spiro atoms. The molecule has 0 saturated carbocycles. The van der Waals surface area contributed by atoms with E-state index in [1.165, 1.54) is 6.92 Å². The molecule has 1 N–H and O–H groups in total. The second-order valence-corrected chi connectivity index (χ2v) is 5.94. The maximum absolute atomic E-state index is 13.4. The Labute approximate surface area is 96.6 Å². The molecule has 0 radical (unpaired) electrons. The molecule has 1 aromatic rings. The van der Waals surface area contributed by atoms with E-state index in [0.29, 0.717) is 12.1 Å². The van der Waals surface area contributed by atoms with Gasteiger partial charge in [-0.3, -0.25) is 4.79 Å². The van der Waals surface area contributed by atoms with Crippen molar-refractivity contribution in [2.24, 2.45) is 5.92 Å². The van der Waals surface area contributed by atoms with Gasteiger partial charge in [0, 0.05) is 12.0 Å². The topological polar surface area (TPSA) is 63.2 Å². The maximum atomic E-state index is 13.4. The molecule has 92 valence electrons. The van der Waals surface area contributed by atoms with Gasteiger partial charge < -0.3 is 5.32 Å². The summed E-state index contributed by atoms with van der Waals surface area (Å²) in [7, 11) is -3.87. The van der Waals surface area contributed by atoms with Crippen molar-refractivity contribution in [2.75, 3.05) is 11.1 Å². The van der Waals surface area contributed by atoms with Crippen molar-refractivity contribution in [2.45, 2.75) is 11.8 Å². The zero-order chi connectivity index (χ0) is 12.8. The fourth-order valence-electron chi connectivity index (χ4n) is 1.66. The fraction of sp³-hybridized carbons (Fsp3) is 0.300. The number of fused-ring (bicyclic) bond motifs is 1. The van der Waals surface area contributed by atoms with Crippen LogP contribution >= 0.6 is 0 Å². The first-order chi connectivity index (χ1) is 7.81. The number of rotatable bonds is 0. The predicted octanol–water partition coefficient (Wildman–Crippen LogP) is 1.33. The zero-order valence-corrected chi connectivity index (χ0v) is 9.64. The average Bonchev–Trinajstić information content (AvgIpc) is 2.27. The van der Waals surface area contributed by atoms with E-state index < -0.39 is 49.6 Å². The normalized spacial score (nSPS) is 22.5. The number of benzene rings is 1. The number of anilines is 1. The van der Waals surface area contributed by atoms with Crippen LogP contribution < -0.4 is 5.32 Å². The molecular weight excluding hydrogens is 252 g/mol. The summed E-state index contributed by atoms with van der Waals surface area (Å²) in [5, 5.41) is 2.16. The van der Waals surface area contributed by atoms with Gasteiger partial charge in [0.25, 0.3) is 0 Å². The van der Waals surface area contributed by atoms with E-state index in [1.54, 1.807) is 0 Å². The number of carbonyl (C=O) groups excluding carboxylic acids is 1. The van der Waals surface area contributed by atoms with Crippen molar-refractivity contribution < 1.29 is 22.0 Å². The van der Waals surface area contributed by atoms with Crippen molar-refractivity contribution in [3.05, 3.63) is 23.8 Å². The summed E-state index contributed by atoms with van der Waals surface area (Å²) >= 11 is 0. The number of nitrogens with one attached hydrogen (secondary N) is 1. The van der Waals surface area contributed by atoms with Crippen LogP contribution in [0.1, 0.15) is 6.92 Å². The van der Waals surface area contributed by atoms with Crippen LogP contribution in [0.3, 0.4) is 0 Å². The molecule has 0 aliphatic carbocycles. The summed E-state index contributed by atoms with van der Waals surface area (Å²) in [5.74, 6) is -3.96. The highest BCUT2D eigenvalue weighted by atomic mass is 32.2. The lowest BCUT2D eigenvalue weighted by Crippen LogP contribution is -2.22. The van der Waals surface area contributed by atoms with E-state index in [2.05, 4.69) is 5.32 Å². The highest BCUT2D eigenvalue weighted by molar-refractivity contribution is 7.91. The maximum Gasteiger partial charge on any atom is 0.228 e. The molecule has 1 heterocycles. The monoisotopic (exact) mass is 261 g/mol. The van der Waals surface area contributed by atoms with Gasteiger partial charge in [0.1, 0.15) is 5.82 Å². The van der Waals surface area contributed by atoms with Crippen molar-refractivity contribution >= 4 is 21.4 Å². The van der Waals surface area contributed by atoms with E-state index in [0.717, 1.165) is 0 Å². The number of carbonyl (C=O) groups is 1. The number of hydrogen-bond donors (Lipinski definition) is 1. The first-order valence-electron chi connectivity index (χ1n) is 4.84. The third-order valence-corrected chi connectivity index (χ3v) is 4.45. The van der Waals surface area contributed by atoms with Gasteiger partial charge >= 0.3 is 0 Å². The second kappa shape index (κ2) is 3.76. The van der Waals surface area contributed by atoms with Gasteiger partial charge in [0.05, 0.1) is 16.3 Å². The first kappa shape index (κ1) is 12.0. The molecule has 1 amide bonds. The molecular formula is C10H9F2NO3S. The summed E-state index contributed by atoms with van der Waals surface area (Å²) in [5.41, 5.74) is -0.472. The predicted molar refractivity (Wildman–Crippen MR) is 56.2 cm³/mol. The highest BCUT2D eigenvalue weighted by Crippen LogP contribution is 2.31. The molecule has 0 fully saturated rings. The lowest BCUT2D eigenvalue weighted by atomic mass is 10.2. The van der Waals surface area contributed by atoms with Crippen molar-refractivity contribution in [1.29, 1.82) is 0 Å². The Morgan fingerprint density at radius 1 is 1.35 bits per heavy atom. The third-order valence-electron chi connectivity index (χ3n) is 2.52. The van der Waals surface area contributed by atoms with Crippen LogP contribution in [0.25, 0.3) is 0 Å². The highest BCUT2D eigenvalue weighted by Gasteiger charge is 2.32. The Kier molecular flexibility index (Phi) is 2.65. The van der Waals surface area contributed by atoms with E-state index in [-0.39, 0.29) is 0 Å². The van der Waals surface area contributed by atoms with Gasteiger partial charge in [-0.2, -0.15) is 0 Å². The number of amides is 1. The Morgan fingerprint density at radius 3 is 2.65 bits per heavy atom. The van der Waals surface area contributed by atoms with Crippen LogP contribution in [0.5, 0.6) is 0 Å². The molecule has 7 heteroatoms. The molecule has 0 bridgehead atoms. The van der Waals surface area contributed by atoms with E-state index in [1.807, 2.05) is 0 Å². The molecule has 0 aromatic heterocycles. The van der Waals surface area contributed by atoms with Gasteiger partial charge in [-0.15, -0.1) is 0 Å². The Morgan fingerprint density at radius 2 is 2.00 bits per heavy atom. The van der Waals surface area contributed by atoms with Crippen LogP contribution in [0.4, 0.5) is 14.5 Å².